The molecule has 4 nitrogen and oxygen atoms in total. The Hall–Kier alpha value is -1.00. The van der Waals surface area contributed by atoms with Gasteiger partial charge >= 0.3 is 0 Å². The van der Waals surface area contributed by atoms with Gasteiger partial charge in [0, 0.05) is 13.5 Å². The van der Waals surface area contributed by atoms with Gasteiger partial charge in [-0.1, -0.05) is 0 Å². The largest absolute Gasteiger partial charge is 0.464 e. The average Bonchev–Trinajstić information content (AvgIpc) is 2.60. The predicted molar refractivity (Wildman–Crippen MR) is 65.5 cm³/mol. The first kappa shape index (κ1) is 15.0. The fraction of sp³-hybridized carbons (Fsp3) is 0.545. The maximum Gasteiger partial charge on any atom is 0.222 e. The Balaban J connectivity index is 0.00000225. The summed E-state index contributed by atoms with van der Waals surface area (Å²) in [4.78, 5) is 13.2. The highest BCUT2D eigenvalue weighted by Gasteiger charge is 2.10. The highest BCUT2D eigenvalue weighted by Crippen LogP contribution is 2.09. The fourth-order valence-corrected chi connectivity index (χ4v) is 1.34. The summed E-state index contributed by atoms with van der Waals surface area (Å²) in [7, 11) is 1.77. The van der Waals surface area contributed by atoms with Gasteiger partial charge in [-0.25, -0.2) is 0 Å². The van der Waals surface area contributed by atoms with E-state index in [-0.39, 0.29) is 18.3 Å². The van der Waals surface area contributed by atoms with Crippen molar-refractivity contribution >= 4 is 18.3 Å². The second-order valence-electron chi connectivity index (χ2n) is 3.65. The van der Waals surface area contributed by atoms with Crippen LogP contribution in [0, 0.1) is 6.92 Å². The molecule has 0 aromatic carbocycles. The van der Waals surface area contributed by atoms with Crippen molar-refractivity contribution in [3.05, 3.63) is 23.7 Å². The summed E-state index contributed by atoms with van der Waals surface area (Å²) < 4.78 is 5.39. The van der Waals surface area contributed by atoms with Crippen LogP contribution in [-0.4, -0.2) is 24.4 Å². The highest BCUT2D eigenvalue weighted by molar-refractivity contribution is 5.85. The number of halogens is 1. The summed E-state index contributed by atoms with van der Waals surface area (Å²) in [6.45, 7) is 2.97. The second-order valence-corrected chi connectivity index (χ2v) is 3.65. The Morgan fingerprint density at radius 3 is 2.69 bits per heavy atom. The summed E-state index contributed by atoms with van der Waals surface area (Å²) in [5.41, 5.74) is 5.34. The van der Waals surface area contributed by atoms with Crippen molar-refractivity contribution in [2.24, 2.45) is 5.73 Å². The molecule has 0 atom stereocenters. The smallest absolute Gasteiger partial charge is 0.222 e. The van der Waals surface area contributed by atoms with Crippen LogP contribution >= 0.6 is 12.4 Å². The van der Waals surface area contributed by atoms with Crippen LogP contribution in [-0.2, 0) is 11.3 Å². The summed E-state index contributed by atoms with van der Waals surface area (Å²) in [6.07, 6.45) is 1.24. The minimum atomic E-state index is 0. The maximum absolute atomic E-state index is 11.5. The molecular formula is C11H19ClN2O2. The quantitative estimate of drug-likeness (QED) is 0.861. The lowest BCUT2D eigenvalue weighted by molar-refractivity contribution is -0.130. The van der Waals surface area contributed by atoms with Crippen LogP contribution in [0.3, 0.4) is 0 Å². The zero-order chi connectivity index (χ0) is 11.3. The molecule has 1 aromatic heterocycles. The van der Waals surface area contributed by atoms with Crippen LogP contribution in [0.4, 0.5) is 0 Å². The Bertz CT molecular complexity index is 326. The highest BCUT2D eigenvalue weighted by atomic mass is 35.5. The number of carbonyl (C=O) groups excluding carboxylic acids is 1. The molecule has 0 saturated carbocycles. The van der Waals surface area contributed by atoms with Crippen LogP contribution < -0.4 is 5.73 Å². The Kier molecular flexibility index (Phi) is 6.85. The Morgan fingerprint density at radius 1 is 1.50 bits per heavy atom. The van der Waals surface area contributed by atoms with Crippen molar-refractivity contribution in [3.8, 4) is 0 Å². The first-order chi connectivity index (χ1) is 7.13. The third-order valence-corrected chi connectivity index (χ3v) is 2.21. The monoisotopic (exact) mass is 246 g/mol. The number of rotatable bonds is 5. The molecule has 0 spiro atoms. The molecule has 2 N–H and O–H groups in total. The number of hydrogen-bond donors (Lipinski definition) is 1. The molecule has 0 aliphatic heterocycles. The molecule has 1 aromatic rings. The summed E-state index contributed by atoms with van der Waals surface area (Å²) in [5, 5.41) is 0. The molecule has 0 aliphatic rings. The van der Waals surface area contributed by atoms with Gasteiger partial charge in [-0.3, -0.25) is 4.79 Å². The summed E-state index contributed by atoms with van der Waals surface area (Å²) in [5.74, 6) is 1.79. The lowest BCUT2D eigenvalue weighted by Gasteiger charge is -2.15. The van der Waals surface area contributed by atoms with Crippen molar-refractivity contribution in [2.45, 2.75) is 26.3 Å². The molecule has 92 valence electrons. The molecule has 5 heteroatoms. The van der Waals surface area contributed by atoms with E-state index in [2.05, 4.69) is 0 Å². The number of nitrogens with zero attached hydrogens (tertiary/aromatic N) is 1. The number of hydrogen-bond acceptors (Lipinski definition) is 3. The third kappa shape index (κ3) is 4.68. The van der Waals surface area contributed by atoms with Crippen LogP contribution in [0.1, 0.15) is 24.4 Å². The lowest BCUT2D eigenvalue weighted by atomic mass is 10.3. The second kappa shape index (κ2) is 7.30. The van der Waals surface area contributed by atoms with Crippen molar-refractivity contribution < 1.29 is 9.21 Å². The predicted octanol–water partition coefficient (Wildman–Crippen LogP) is 1.71. The molecule has 0 bridgehead atoms. The van der Waals surface area contributed by atoms with E-state index < -0.39 is 0 Å². The molecule has 1 amide bonds. The van der Waals surface area contributed by atoms with E-state index in [1.165, 1.54) is 0 Å². The topological polar surface area (TPSA) is 59.5 Å². The first-order valence-corrected chi connectivity index (χ1v) is 5.13. The number of amides is 1. The van der Waals surface area contributed by atoms with Gasteiger partial charge in [0.2, 0.25) is 5.91 Å². The molecule has 16 heavy (non-hydrogen) atoms. The molecule has 0 unspecified atom stereocenters. The number of aryl methyl sites for hydroxylation is 1. The minimum absolute atomic E-state index is 0. The van der Waals surface area contributed by atoms with E-state index in [1.54, 1.807) is 11.9 Å². The van der Waals surface area contributed by atoms with Gasteiger partial charge in [0.1, 0.15) is 11.5 Å². The van der Waals surface area contributed by atoms with Gasteiger partial charge in [-0.05, 0) is 32.0 Å². The molecule has 1 rings (SSSR count). The van der Waals surface area contributed by atoms with Gasteiger partial charge < -0.3 is 15.1 Å². The van der Waals surface area contributed by atoms with Crippen molar-refractivity contribution in [1.29, 1.82) is 0 Å². The maximum atomic E-state index is 11.5. The Labute approximate surface area is 102 Å². The normalized spacial score (nSPS) is 9.69. The Morgan fingerprint density at radius 2 is 2.19 bits per heavy atom. The summed E-state index contributed by atoms with van der Waals surface area (Å²) >= 11 is 0. The zero-order valence-electron chi connectivity index (χ0n) is 9.73. The number of nitrogens with two attached hydrogens (primary N) is 1. The standard InChI is InChI=1S/C11H18N2O2.ClH/c1-9-5-6-10(15-9)8-13(2)11(14)4-3-7-12;/h5-6H,3-4,7-8,12H2,1-2H3;1H. The number of carbonyl (C=O) groups is 1. The van der Waals surface area contributed by atoms with Crippen LogP contribution in [0.2, 0.25) is 0 Å². The summed E-state index contributed by atoms with van der Waals surface area (Å²) in [6, 6.07) is 3.79. The van der Waals surface area contributed by atoms with Crippen molar-refractivity contribution in [2.75, 3.05) is 13.6 Å². The van der Waals surface area contributed by atoms with E-state index in [1.807, 2.05) is 19.1 Å². The molecule has 0 aliphatic carbocycles. The van der Waals surface area contributed by atoms with Gasteiger partial charge in [-0.15, -0.1) is 12.4 Å². The van der Waals surface area contributed by atoms with Crippen LogP contribution in [0.15, 0.2) is 16.5 Å². The van der Waals surface area contributed by atoms with E-state index in [9.17, 15) is 4.79 Å². The van der Waals surface area contributed by atoms with Crippen molar-refractivity contribution in [3.63, 3.8) is 0 Å². The van der Waals surface area contributed by atoms with E-state index in [4.69, 9.17) is 10.2 Å². The molecule has 0 saturated heterocycles. The fourth-order valence-electron chi connectivity index (χ4n) is 1.34. The van der Waals surface area contributed by atoms with E-state index in [0.717, 1.165) is 17.9 Å². The molecule has 0 fully saturated rings. The van der Waals surface area contributed by atoms with E-state index in [0.29, 0.717) is 19.5 Å². The lowest BCUT2D eigenvalue weighted by Crippen LogP contribution is -2.26. The first-order valence-electron chi connectivity index (χ1n) is 5.13. The van der Waals surface area contributed by atoms with Crippen molar-refractivity contribution in [1.82, 2.24) is 4.90 Å². The molecule has 1 heterocycles. The average molecular weight is 247 g/mol. The van der Waals surface area contributed by atoms with Gasteiger partial charge in [-0.2, -0.15) is 0 Å². The van der Waals surface area contributed by atoms with Gasteiger partial charge in [0.05, 0.1) is 6.54 Å². The minimum Gasteiger partial charge on any atom is -0.464 e. The van der Waals surface area contributed by atoms with Gasteiger partial charge in [0.25, 0.3) is 0 Å². The van der Waals surface area contributed by atoms with Crippen LogP contribution in [0.5, 0.6) is 0 Å². The molecule has 0 radical (unpaired) electrons. The zero-order valence-corrected chi connectivity index (χ0v) is 10.5. The van der Waals surface area contributed by atoms with E-state index >= 15 is 0 Å². The van der Waals surface area contributed by atoms with Gasteiger partial charge in [0.15, 0.2) is 0 Å². The molecular weight excluding hydrogens is 228 g/mol. The third-order valence-electron chi connectivity index (χ3n) is 2.21. The van der Waals surface area contributed by atoms with Crippen LogP contribution in [0.25, 0.3) is 0 Å². The SMILES string of the molecule is Cc1ccc(CN(C)C(=O)CCCN)o1.Cl. The number of furan rings is 1.